The van der Waals surface area contributed by atoms with Gasteiger partial charge in [-0.05, 0) is 58.3 Å². The Hall–Kier alpha value is -4.33. The molecule has 0 spiro atoms. The lowest BCUT2D eigenvalue weighted by Crippen LogP contribution is -2.13. The molecule has 0 saturated carbocycles. The molecule has 8 heteroatoms. The van der Waals surface area contributed by atoms with Gasteiger partial charge in [0.15, 0.2) is 5.82 Å². The van der Waals surface area contributed by atoms with E-state index in [0.717, 1.165) is 39.5 Å². The quantitative estimate of drug-likeness (QED) is 0.307. The monoisotopic (exact) mass is 446 g/mol. The van der Waals surface area contributed by atoms with Crippen LogP contribution >= 0.6 is 0 Å². The van der Waals surface area contributed by atoms with E-state index < -0.39 is 17.6 Å². The van der Waals surface area contributed by atoms with E-state index in [2.05, 4.69) is 15.5 Å². The maximum atomic E-state index is 13.0. The first-order valence-electron chi connectivity index (χ1n) is 10.1. The predicted octanol–water partition coefficient (Wildman–Crippen LogP) is 6.24. The minimum atomic E-state index is -4.49. The van der Waals surface area contributed by atoms with Crippen LogP contribution in [-0.2, 0) is 6.18 Å². The van der Waals surface area contributed by atoms with Gasteiger partial charge in [0, 0.05) is 11.3 Å². The van der Waals surface area contributed by atoms with E-state index >= 15 is 0 Å². The third-order valence-corrected chi connectivity index (χ3v) is 5.50. The Morgan fingerprint density at radius 2 is 1.73 bits per heavy atom. The number of nitrogen functional groups attached to an aromatic ring is 1. The van der Waals surface area contributed by atoms with Crippen molar-refractivity contribution in [2.45, 2.75) is 6.18 Å². The van der Waals surface area contributed by atoms with Crippen molar-refractivity contribution in [1.29, 1.82) is 0 Å². The smallest absolute Gasteiger partial charge is 0.382 e. The Morgan fingerprint density at radius 1 is 0.939 bits per heavy atom. The first-order chi connectivity index (χ1) is 15.8. The number of rotatable bonds is 3. The Kier molecular flexibility index (Phi) is 4.78. The summed E-state index contributed by atoms with van der Waals surface area (Å²) in [6.45, 7) is 0. The molecule has 5 rings (SSSR count). The van der Waals surface area contributed by atoms with Crippen molar-refractivity contribution in [2.75, 3.05) is 11.1 Å². The highest BCUT2D eigenvalue weighted by atomic mass is 19.4. The van der Waals surface area contributed by atoms with E-state index in [-0.39, 0.29) is 5.69 Å². The van der Waals surface area contributed by atoms with Gasteiger partial charge in [-0.15, -0.1) is 0 Å². The molecule has 1 aromatic heterocycles. The number of aromatic nitrogens is 2. The molecule has 1 amide bonds. The zero-order valence-electron chi connectivity index (χ0n) is 17.1. The van der Waals surface area contributed by atoms with Crippen molar-refractivity contribution in [1.82, 2.24) is 10.2 Å². The number of halogens is 3. The summed E-state index contributed by atoms with van der Waals surface area (Å²) in [5.41, 5.74) is 8.27. The van der Waals surface area contributed by atoms with Gasteiger partial charge in [-0.3, -0.25) is 9.89 Å². The van der Waals surface area contributed by atoms with Crippen LogP contribution in [0.5, 0.6) is 0 Å². The largest absolute Gasteiger partial charge is 0.416 e. The van der Waals surface area contributed by atoms with Crippen molar-refractivity contribution in [3.8, 4) is 11.1 Å². The van der Waals surface area contributed by atoms with Gasteiger partial charge in [0.2, 0.25) is 0 Å². The fourth-order valence-electron chi connectivity index (χ4n) is 3.96. The number of benzene rings is 4. The molecule has 4 N–H and O–H groups in total. The molecule has 0 aliphatic carbocycles. The fourth-order valence-corrected chi connectivity index (χ4v) is 3.96. The van der Waals surface area contributed by atoms with Crippen LogP contribution in [0.15, 0.2) is 78.9 Å². The zero-order chi connectivity index (χ0) is 23.2. The summed E-state index contributed by atoms with van der Waals surface area (Å²) < 4.78 is 39.0. The topological polar surface area (TPSA) is 83.8 Å². The van der Waals surface area contributed by atoms with Crippen molar-refractivity contribution in [2.24, 2.45) is 0 Å². The predicted molar refractivity (Wildman–Crippen MR) is 123 cm³/mol. The minimum absolute atomic E-state index is 0.0746. The molecule has 0 bridgehead atoms. The first kappa shape index (κ1) is 20.6. The summed E-state index contributed by atoms with van der Waals surface area (Å²) in [5.74, 6) is -0.0937. The van der Waals surface area contributed by atoms with E-state index in [1.165, 1.54) is 12.1 Å². The van der Waals surface area contributed by atoms with E-state index in [0.29, 0.717) is 16.8 Å². The number of aromatic amines is 1. The molecule has 164 valence electrons. The second kappa shape index (κ2) is 7.67. The SMILES string of the molecule is Nc1n[nH]c2cccc(-c3ccc4c(C(=O)Nc5cccc(C(F)(F)F)c5)cccc4c3)c12. The van der Waals surface area contributed by atoms with Gasteiger partial charge in [0.1, 0.15) is 0 Å². The van der Waals surface area contributed by atoms with Gasteiger partial charge in [-0.2, -0.15) is 18.3 Å². The van der Waals surface area contributed by atoms with Crippen LogP contribution in [-0.4, -0.2) is 16.1 Å². The number of H-pyrrole nitrogens is 1. The molecule has 5 nitrogen and oxygen atoms in total. The van der Waals surface area contributed by atoms with Crippen LogP contribution in [0.4, 0.5) is 24.7 Å². The minimum Gasteiger partial charge on any atom is -0.382 e. The Balaban J connectivity index is 1.52. The van der Waals surface area contributed by atoms with Crippen LogP contribution in [0, 0.1) is 0 Å². The lowest BCUT2D eigenvalue weighted by molar-refractivity contribution is -0.137. The molecule has 0 aliphatic rings. The summed E-state index contributed by atoms with van der Waals surface area (Å²) in [5, 5.41) is 11.8. The zero-order valence-corrected chi connectivity index (χ0v) is 17.1. The van der Waals surface area contributed by atoms with Crippen molar-refractivity contribution >= 4 is 39.1 Å². The average Bonchev–Trinajstić information content (AvgIpc) is 3.19. The standard InChI is InChI=1S/C25H17F3N4O/c26-25(27,28)16-5-2-6-17(13-16)30-24(33)20-8-1-4-14-12-15(10-11-18(14)20)19-7-3-9-21-22(19)23(29)32-31-21/h1-13H,(H,30,33)(H3,29,31,32). The van der Waals surface area contributed by atoms with Gasteiger partial charge in [-0.1, -0.05) is 42.5 Å². The molecular weight excluding hydrogens is 429 g/mol. The fraction of sp³-hybridized carbons (Fsp3) is 0.0400. The average molecular weight is 446 g/mol. The third kappa shape index (κ3) is 3.76. The van der Waals surface area contributed by atoms with Gasteiger partial charge >= 0.3 is 6.18 Å². The molecule has 0 saturated heterocycles. The van der Waals surface area contributed by atoms with Gasteiger partial charge in [-0.25, -0.2) is 0 Å². The maximum absolute atomic E-state index is 13.0. The van der Waals surface area contributed by atoms with Crippen LogP contribution in [0.2, 0.25) is 0 Å². The summed E-state index contributed by atoms with van der Waals surface area (Å²) >= 11 is 0. The number of hydrogen-bond acceptors (Lipinski definition) is 3. The van der Waals surface area contributed by atoms with Gasteiger partial charge in [0.05, 0.1) is 16.5 Å². The maximum Gasteiger partial charge on any atom is 0.416 e. The summed E-state index contributed by atoms with van der Waals surface area (Å²) in [6.07, 6.45) is -4.49. The number of nitrogens with zero attached hydrogens (tertiary/aromatic N) is 1. The second-order valence-corrected chi connectivity index (χ2v) is 7.61. The highest BCUT2D eigenvalue weighted by Gasteiger charge is 2.30. The van der Waals surface area contributed by atoms with E-state index in [4.69, 9.17) is 5.73 Å². The van der Waals surface area contributed by atoms with Crippen molar-refractivity contribution in [3.05, 3.63) is 90.0 Å². The van der Waals surface area contributed by atoms with Crippen molar-refractivity contribution < 1.29 is 18.0 Å². The molecule has 33 heavy (non-hydrogen) atoms. The third-order valence-electron chi connectivity index (χ3n) is 5.50. The molecule has 0 radical (unpaired) electrons. The number of anilines is 2. The highest BCUT2D eigenvalue weighted by molar-refractivity contribution is 6.13. The molecule has 0 fully saturated rings. The highest BCUT2D eigenvalue weighted by Crippen LogP contribution is 2.34. The number of nitrogens with one attached hydrogen (secondary N) is 2. The summed E-state index contributed by atoms with van der Waals surface area (Å²) in [6, 6.07) is 21.2. The molecule has 0 atom stereocenters. The van der Waals surface area contributed by atoms with Crippen LogP contribution in [0.3, 0.4) is 0 Å². The molecular formula is C25H17F3N4O. The Morgan fingerprint density at radius 3 is 2.55 bits per heavy atom. The number of amides is 1. The lowest BCUT2D eigenvalue weighted by atomic mass is 9.96. The van der Waals surface area contributed by atoms with Gasteiger partial charge < -0.3 is 11.1 Å². The molecule has 5 aromatic rings. The van der Waals surface area contributed by atoms with E-state index in [1.54, 1.807) is 12.1 Å². The Bertz CT molecular complexity index is 1520. The van der Waals surface area contributed by atoms with Gasteiger partial charge in [0.25, 0.3) is 5.91 Å². The number of carbonyl (C=O) groups excluding carboxylic acids is 1. The van der Waals surface area contributed by atoms with E-state index in [1.807, 2.05) is 42.5 Å². The number of hydrogen-bond donors (Lipinski definition) is 3. The first-order valence-corrected chi connectivity index (χ1v) is 10.1. The van der Waals surface area contributed by atoms with Crippen LogP contribution < -0.4 is 11.1 Å². The molecule has 4 aromatic carbocycles. The molecule has 1 heterocycles. The van der Waals surface area contributed by atoms with Crippen LogP contribution in [0.1, 0.15) is 15.9 Å². The second-order valence-electron chi connectivity index (χ2n) is 7.61. The molecule has 0 aliphatic heterocycles. The number of alkyl halides is 3. The number of carbonyl (C=O) groups is 1. The molecule has 0 unspecified atom stereocenters. The Labute approximate surface area is 186 Å². The summed E-state index contributed by atoms with van der Waals surface area (Å²) in [7, 11) is 0. The van der Waals surface area contributed by atoms with Crippen LogP contribution in [0.25, 0.3) is 32.8 Å². The van der Waals surface area contributed by atoms with E-state index in [9.17, 15) is 18.0 Å². The number of nitrogens with two attached hydrogens (primary N) is 1. The lowest BCUT2D eigenvalue weighted by Gasteiger charge is -2.12. The number of fused-ring (bicyclic) bond motifs is 2. The normalized spacial score (nSPS) is 11.7. The van der Waals surface area contributed by atoms with Crippen molar-refractivity contribution in [3.63, 3.8) is 0 Å². The summed E-state index contributed by atoms with van der Waals surface area (Å²) in [4.78, 5) is 12.9.